The van der Waals surface area contributed by atoms with E-state index in [1.54, 1.807) is 0 Å². The molecule has 0 saturated carbocycles. The van der Waals surface area contributed by atoms with Gasteiger partial charge in [-0.2, -0.15) is 0 Å². The summed E-state index contributed by atoms with van der Waals surface area (Å²) in [5.41, 5.74) is 6.26. The number of hydrogen-bond donors (Lipinski definition) is 1. The van der Waals surface area contributed by atoms with Gasteiger partial charge in [0, 0.05) is 28.7 Å². The molecule has 154 valence electrons. The Kier molecular flexibility index (Phi) is 4.03. The van der Waals surface area contributed by atoms with Gasteiger partial charge in [-0.05, 0) is 54.8 Å². The molecule has 2 aliphatic rings. The van der Waals surface area contributed by atoms with Gasteiger partial charge in [-0.15, -0.1) is 0 Å². The molecule has 0 fully saturated rings. The molecule has 4 aromatic rings. The number of nitrogens with one attached hydrogen (secondary N) is 1. The number of aromatic amines is 1. The predicted octanol–water partition coefficient (Wildman–Crippen LogP) is 4.99. The monoisotopic (exact) mass is 410 g/mol. The molecular formula is C26H22N2O3. The number of carbonyl (C=O) groups is 1. The Morgan fingerprint density at radius 2 is 1.87 bits per heavy atom. The number of aryl methyl sites for hydroxylation is 1. The molecule has 3 heterocycles. The van der Waals surface area contributed by atoms with Gasteiger partial charge in [-0.3, -0.25) is 4.79 Å². The summed E-state index contributed by atoms with van der Waals surface area (Å²) in [5.74, 6) is 1.51. The van der Waals surface area contributed by atoms with Crippen LogP contribution in [0.3, 0.4) is 0 Å². The van der Waals surface area contributed by atoms with E-state index >= 15 is 0 Å². The summed E-state index contributed by atoms with van der Waals surface area (Å²) in [5, 5.41) is 1.23. The fourth-order valence-corrected chi connectivity index (χ4v) is 4.83. The Balaban J connectivity index is 1.52. The summed E-state index contributed by atoms with van der Waals surface area (Å²) in [6, 6.07) is 21.9. The van der Waals surface area contributed by atoms with Crippen molar-refractivity contribution in [1.29, 1.82) is 0 Å². The minimum Gasteiger partial charge on any atom is -0.454 e. The van der Waals surface area contributed by atoms with Gasteiger partial charge in [0.25, 0.3) is 5.91 Å². The number of para-hydroxylation sites is 1. The molecule has 6 rings (SSSR count). The molecule has 0 spiro atoms. The van der Waals surface area contributed by atoms with Gasteiger partial charge in [-0.1, -0.05) is 42.0 Å². The highest BCUT2D eigenvalue weighted by atomic mass is 16.7. The first-order valence-electron chi connectivity index (χ1n) is 10.6. The number of ether oxygens (including phenoxy) is 2. The zero-order valence-corrected chi connectivity index (χ0v) is 17.2. The molecule has 31 heavy (non-hydrogen) atoms. The van der Waals surface area contributed by atoms with Gasteiger partial charge in [0.1, 0.15) is 0 Å². The average Bonchev–Trinajstić information content (AvgIpc) is 3.41. The molecule has 3 aromatic carbocycles. The van der Waals surface area contributed by atoms with Crippen molar-refractivity contribution in [1.82, 2.24) is 9.88 Å². The summed E-state index contributed by atoms with van der Waals surface area (Å²) in [4.78, 5) is 19.2. The Labute approximate surface area is 180 Å². The van der Waals surface area contributed by atoms with Crippen molar-refractivity contribution in [3.05, 3.63) is 94.7 Å². The Morgan fingerprint density at radius 1 is 1.00 bits per heavy atom. The second-order valence-electron chi connectivity index (χ2n) is 8.20. The molecule has 0 radical (unpaired) electrons. The highest BCUT2D eigenvalue weighted by Gasteiger charge is 2.35. The number of amides is 1. The number of rotatable bonds is 2. The summed E-state index contributed by atoms with van der Waals surface area (Å²) in [6.07, 6.45) is 0.817. The van der Waals surface area contributed by atoms with Crippen molar-refractivity contribution < 1.29 is 14.3 Å². The third-order valence-corrected chi connectivity index (χ3v) is 6.27. The zero-order valence-electron chi connectivity index (χ0n) is 17.2. The lowest BCUT2D eigenvalue weighted by molar-refractivity contribution is 0.0691. The van der Waals surface area contributed by atoms with Crippen LogP contribution in [0.25, 0.3) is 10.9 Å². The normalized spacial score (nSPS) is 17.1. The highest BCUT2D eigenvalue weighted by Crippen LogP contribution is 2.42. The van der Waals surface area contributed by atoms with E-state index in [4.69, 9.17) is 9.47 Å². The molecule has 0 aliphatic carbocycles. The molecule has 5 heteroatoms. The van der Waals surface area contributed by atoms with E-state index in [1.165, 1.54) is 10.9 Å². The topological polar surface area (TPSA) is 54.6 Å². The lowest BCUT2D eigenvalue weighted by atomic mass is 9.91. The first-order valence-corrected chi connectivity index (χ1v) is 10.6. The molecule has 5 nitrogen and oxygen atoms in total. The second-order valence-corrected chi connectivity index (χ2v) is 8.20. The van der Waals surface area contributed by atoms with Gasteiger partial charge in [-0.25, -0.2) is 0 Å². The third-order valence-electron chi connectivity index (χ3n) is 6.27. The number of carbonyl (C=O) groups excluding carboxylic acids is 1. The number of hydrogen-bond acceptors (Lipinski definition) is 3. The van der Waals surface area contributed by atoms with Crippen molar-refractivity contribution in [3.8, 4) is 11.5 Å². The van der Waals surface area contributed by atoms with Crippen molar-refractivity contribution in [2.45, 2.75) is 19.4 Å². The Hall–Kier alpha value is -3.73. The summed E-state index contributed by atoms with van der Waals surface area (Å²) >= 11 is 0. The highest BCUT2D eigenvalue weighted by molar-refractivity contribution is 5.96. The van der Waals surface area contributed by atoms with Crippen LogP contribution >= 0.6 is 0 Å². The smallest absolute Gasteiger partial charge is 0.254 e. The van der Waals surface area contributed by atoms with Crippen LogP contribution in [0, 0.1) is 6.92 Å². The van der Waals surface area contributed by atoms with E-state index < -0.39 is 0 Å². The molecule has 0 saturated heterocycles. The van der Waals surface area contributed by atoms with Crippen molar-refractivity contribution in [2.75, 3.05) is 13.3 Å². The van der Waals surface area contributed by atoms with E-state index in [1.807, 2.05) is 60.4 Å². The summed E-state index contributed by atoms with van der Waals surface area (Å²) < 4.78 is 11.1. The lowest BCUT2D eigenvalue weighted by Gasteiger charge is -2.36. The quantitative estimate of drug-likeness (QED) is 0.506. The summed E-state index contributed by atoms with van der Waals surface area (Å²) in [7, 11) is 0. The molecule has 1 aromatic heterocycles. The van der Waals surface area contributed by atoms with Gasteiger partial charge in [0.05, 0.1) is 6.04 Å². The first-order chi connectivity index (χ1) is 15.2. The maximum Gasteiger partial charge on any atom is 0.254 e. The SMILES string of the molecule is Cc1cccc(C(=O)N2CCc3c([nH]c4ccccc34)C2c2ccc3c(c2)OCO3)c1. The van der Waals surface area contributed by atoms with E-state index in [-0.39, 0.29) is 18.7 Å². The number of fused-ring (bicyclic) bond motifs is 4. The van der Waals surface area contributed by atoms with Crippen molar-refractivity contribution in [3.63, 3.8) is 0 Å². The van der Waals surface area contributed by atoms with Crippen LogP contribution < -0.4 is 9.47 Å². The van der Waals surface area contributed by atoms with Crippen LogP contribution in [0.2, 0.25) is 0 Å². The fraction of sp³-hybridized carbons (Fsp3) is 0.192. The Bertz CT molecular complexity index is 1320. The number of H-pyrrole nitrogens is 1. The van der Waals surface area contributed by atoms with Gasteiger partial charge >= 0.3 is 0 Å². The molecule has 1 unspecified atom stereocenters. The zero-order chi connectivity index (χ0) is 20.9. The van der Waals surface area contributed by atoms with Crippen LogP contribution in [0.1, 0.15) is 38.8 Å². The average molecular weight is 410 g/mol. The van der Waals surface area contributed by atoms with Crippen LogP contribution in [0.15, 0.2) is 66.7 Å². The third kappa shape index (κ3) is 2.88. The first kappa shape index (κ1) is 18.1. The minimum atomic E-state index is -0.223. The number of nitrogens with zero attached hydrogens (tertiary/aromatic N) is 1. The lowest BCUT2D eigenvalue weighted by Crippen LogP contribution is -2.40. The van der Waals surface area contributed by atoms with Gasteiger partial charge < -0.3 is 19.4 Å². The maximum atomic E-state index is 13.7. The van der Waals surface area contributed by atoms with E-state index in [2.05, 4.69) is 23.2 Å². The van der Waals surface area contributed by atoms with Crippen LogP contribution in [-0.4, -0.2) is 29.1 Å². The largest absolute Gasteiger partial charge is 0.454 e. The molecule has 2 aliphatic heterocycles. The van der Waals surface area contributed by atoms with E-state index in [9.17, 15) is 4.79 Å². The fourth-order valence-electron chi connectivity index (χ4n) is 4.83. The van der Waals surface area contributed by atoms with Crippen molar-refractivity contribution >= 4 is 16.8 Å². The standard InChI is InChI=1S/C26H22N2O3/c1-16-5-4-6-18(13-16)26(29)28-12-11-20-19-7-2-3-8-21(19)27-24(20)25(28)17-9-10-22-23(14-17)31-15-30-22/h2-10,13-14,25,27H,11-12,15H2,1H3. The van der Waals surface area contributed by atoms with E-state index in [0.717, 1.165) is 40.3 Å². The molecule has 1 atom stereocenters. The second kappa shape index (κ2) is 6.91. The Morgan fingerprint density at radius 3 is 2.77 bits per heavy atom. The number of benzene rings is 3. The molecular weight excluding hydrogens is 388 g/mol. The van der Waals surface area contributed by atoms with Crippen LogP contribution in [-0.2, 0) is 6.42 Å². The number of aromatic nitrogens is 1. The van der Waals surface area contributed by atoms with Crippen molar-refractivity contribution in [2.24, 2.45) is 0 Å². The minimum absolute atomic E-state index is 0.0377. The predicted molar refractivity (Wildman–Crippen MR) is 119 cm³/mol. The van der Waals surface area contributed by atoms with E-state index in [0.29, 0.717) is 12.1 Å². The maximum absolute atomic E-state index is 13.7. The van der Waals surface area contributed by atoms with Crippen LogP contribution in [0.4, 0.5) is 0 Å². The molecule has 0 bridgehead atoms. The molecule has 1 N–H and O–H groups in total. The summed E-state index contributed by atoms with van der Waals surface area (Å²) in [6.45, 7) is 2.89. The molecule has 1 amide bonds. The van der Waals surface area contributed by atoms with Crippen LogP contribution in [0.5, 0.6) is 11.5 Å². The van der Waals surface area contributed by atoms with Gasteiger partial charge in [0.15, 0.2) is 11.5 Å². The van der Waals surface area contributed by atoms with Gasteiger partial charge in [0.2, 0.25) is 6.79 Å².